The number of benzene rings is 3. The van der Waals surface area contributed by atoms with Crippen LogP contribution in [0.5, 0.6) is 0 Å². The van der Waals surface area contributed by atoms with Gasteiger partial charge in [-0.3, -0.25) is 9.59 Å². The first-order valence-electron chi connectivity index (χ1n) is 12.0. The molecule has 1 aliphatic heterocycles. The number of hydrogen-bond acceptors (Lipinski definition) is 7. The van der Waals surface area contributed by atoms with Crippen LogP contribution in [0.3, 0.4) is 0 Å². The molecule has 40 heavy (non-hydrogen) atoms. The normalized spacial score (nSPS) is 15.4. The van der Waals surface area contributed by atoms with Gasteiger partial charge in [0.1, 0.15) is 13.1 Å². The lowest BCUT2D eigenvalue weighted by Gasteiger charge is -2.20. The third-order valence-electron chi connectivity index (χ3n) is 5.88. The second-order valence-corrected chi connectivity index (χ2v) is 11.1. The van der Waals surface area contributed by atoms with E-state index in [1.807, 2.05) is 42.5 Å². The van der Waals surface area contributed by atoms with Crippen molar-refractivity contribution in [2.24, 2.45) is 10.1 Å². The molecule has 0 saturated carbocycles. The SMILES string of the molecule is COC(=O)CNC(=O)CN=C(NS(=O)(=O)c1ccc(Cl)cc1)N1CC(c2ccccc2)C(c2ccc(Cl)cc2)=N1. The third-order valence-corrected chi connectivity index (χ3v) is 7.73. The standard InChI is InChI=1S/C27H25Cl2N5O5S/c1-39-25(36)16-30-24(35)15-31-27(33-40(37,38)22-13-11-21(29)12-14-22)34-17-23(18-5-3-2-4-6-18)26(32-34)19-7-9-20(28)10-8-19/h2-14,23H,15-17H2,1H3,(H,30,35)(H,31,33). The van der Waals surface area contributed by atoms with Gasteiger partial charge in [0.25, 0.3) is 10.0 Å². The first-order valence-corrected chi connectivity index (χ1v) is 14.2. The van der Waals surface area contributed by atoms with Crippen LogP contribution in [0.25, 0.3) is 0 Å². The lowest BCUT2D eigenvalue weighted by molar-refractivity contribution is -0.141. The minimum Gasteiger partial charge on any atom is -0.468 e. The molecule has 4 rings (SSSR count). The monoisotopic (exact) mass is 601 g/mol. The van der Waals surface area contributed by atoms with E-state index in [0.29, 0.717) is 15.8 Å². The molecular formula is C27H25Cl2N5O5S. The molecule has 13 heteroatoms. The molecule has 10 nitrogen and oxygen atoms in total. The highest BCUT2D eigenvalue weighted by atomic mass is 35.5. The van der Waals surface area contributed by atoms with Gasteiger partial charge in [0.15, 0.2) is 0 Å². The zero-order valence-corrected chi connectivity index (χ0v) is 23.6. The number of ether oxygens (including phenoxy) is 1. The van der Waals surface area contributed by atoms with E-state index < -0.39 is 28.4 Å². The number of rotatable bonds is 8. The highest BCUT2D eigenvalue weighted by Gasteiger charge is 2.33. The van der Waals surface area contributed by atoms with Crippen LogP contribution < -0.4 is 10.0 Å². The van der Waals surface area contributed by atoms with Gasteiger partial charge in [0.2, 0.25) is 11.9 Å². The van der Waals surface area contributed by atoms with E-state index in [0.717, 1.165) is 11.1 Å². The van der Waals surface area contributed by atoms with E-state index >= 15 is 0 Å². The van der Waals surface area contributed by atoms with Crippen molar-refractivity contribution < 1.29 is 22.7 Å². The van der Waals surface area contributed by atoms with Gasteiger partial charge in [-0.1, -0.05) is 65.7 Å². The molecule has 0 radical (unpaired) electrons. The lowest BCUT2D eigenvalue weighted by atomic mass is 9.91. The maximum absolute atomic E-state index is 13.3. The quantitative estimate of drug-likeness (QED) is 0.231. The van der Waals surface area contributed by atoms with Crippen LogP contribution in [-0.2, 0) is 24.3 Å². The fraction of sp³-hybridized carbons (Fsp3) is 0.185. The molecule has 0 aliphatic carbocycles. The molecule has 0 saturated heterocycles. The van der Waals surface area contributed by atoms with E-state index in [9.17, 15) is 18.0 Å². The van der Waals surface area contributed by atoms with Crippen molar-refractivity contribution in [3.05, 3.63) is 100 Å². The first-order chi connectivity index (χ1) is 19.2. The van der Waals surface area contributed by atoms with Crippen molar-refractivity contribution in [1.29, 1.82) is 0 Å². The smallest absolute Gasteiger partial charge is 0.325 e. The summed E-state index contributed by atoms with van der Waals surface area (Å²) >= 11 is 12.0. The summed E-state index contributed by atoms with van der Waals surface area (Å²) in [4.78, 5) is 27.9. The number of sulfonamides is 1. The Bertz CT molecular complexity index is 1530. The van der Waals surface area contributed by atoms with Gasteiger partial charge in [0, 0.05) is 16.0 Å². The average Bonchev–Trinajstić information content (AvgIpc) is 3.40. The summed E-state index contributed by atoms with van der Waals surface area (Å²) in [5.41, 5.74) is 2.40. The second-order valence-electron chi connectivity index (χ2n) is 8.59. The number of carbonyl (C=O) groups is 2. The fourth-order valence-corrected chi connectivity index (χ4v) is 5.14. The molecule has 0 fully saturated rings. The lowest BCUT2D eigenvalue weighted by Crippen LogP contribution is -2.42. The number of nitrogens with one attached hydrogen (secondary N) is 2. The van der Waals surface area contributed by atoms with Gasteiger partial charge in [-0.15, -0.1) is 0 Å². The van der Waals surface area contributed by atoms with E-state index in [-0.39, 0.29) is 29.9 Å². The van der Waals surface area contributed by atoms with E-state index in [1.54, 1.807) is 12.1 Å². The van der Waals surface area contributed by atoms with Gasteiger partial charge < -0.3 is 10.1 Å². The Balaban J connectivity index is 1.70. The van der Waals surface area contributed by atoms with E-state index in [4.69, 9.17) is 28.3 Å². The Morgan fingerprint density at radius 1 is 1.00 bits per heavy atom. The number of hydrazone groups is 1. The van der Waals surface area contributed by atoms with Crippen LogP contribution in [0.1, 0.15) is 17.0 Å². The van der Waals surface area contributed by atoms with Crippen molar-refractivity contribution >= 4 is 56.8 Å². The minimum absolute atomic E-state index is 0.0551. The Morgan fingerprint density at radius 3 is 2.25 bits per heavy atom. The highest BCUT2D eigenvalue weighted by Crippen LogP contribution is 2.29. The number of carbonyl (C=O) groups excluding carboxylic acids is 2. The number of amides is 1. The number of aliphatic imine (C=N–C) groups is 1. The first kappa shape index (κ1) is 29.1. The predicted octanol–water partition coefficient (Wildman–Crippen LogP) is 3.42. The molecule has 1 unspecified atom stereocenters. The molecular weight excluding hydrogens is 577 g/mol. The van der Waals surface area contributed by atoms with E-state index in [2.05, 4.69) is 19.8 Å². The minimum atomic E-state index is -4.13. The van der Waals surface area contributed by atoms with Crippen molar-refractivity contribution in [3.8, 4) is 0 Å². The summed E-state index contributed by atoms with van der Waals surface area (Å²) < 4.78 is 33.5. The maximum Gasteiger partial charge on any atom is 0.325 e. The highest BCUT2D eigenvalue weighted by molar-refractivity contribution is 7.90. The zero-order chi connectivity index (χ0) is 28.7. The Labute approximate surface area is 241 Å². The topological polar surface area (TPSA) is 130 Å². The molecule has 1 amide bonds. The van der Waals surface area contributed by atoms with Gasteiger partial charge in [-0.05, 0) is 47.5 Å². The zero-order valence-electron chi connectivity index (χ0n) is 21.3. The maximum atomic E-state index is 13.3. The third kappa shape index (κ3) is 7.38. The number of esters is 1. The average molecular weight is 603 g/mol. The number of guanidine groups is 1. The number of hydrogen-bond donors (Lipinski definition) is 2. The second kappa shape index (κ2) is 12.9. The Morgan fingerprint density at radius 2 is 1.62 bits per heavy atom. The number of methoxy groups -OCH3 is 1. The summed E-state index contributed by atoms with van der Waals surface area (Å²) in [6, 6.07) is 22.4. The van der Waals surface area contributed by atoms with Gasteiger partial charge in [-0.25, -0.2) is 23.1 Å². The van der Waals surface area contributed by atoms with Crippen LogP contribution in [0, 0.1) is 0 Å². The molecule has 3 aromatic rings. The van der Waals surface area contributed by atoms with Crippen molar-refractivity contribution in [2.75, 3.05) is 26.7 Å². The summed E-state index contributed by atoms with van der Waals surface area (Å²) in [5.74, 6) is -1.67. The van der Waals surface area contributed by atoms with E-state index in [1.165, 1.54) is 36.4 Å². The molecule has 2 N–H and O–H groups in total. The molecule has 3 aromatic carbocycles. The van der Waals surface area contributed by atoms with Crippen LogP contribution in [0.15, 0.2) is 93.9 Å². The molecule has 0 bridgehead atoms. The molecule has 0 spiro atoms. The molecule has 1 heterocycles. The molecule has 1 atom stereocenters. The van der Waals surface area contributed by atoms with Crippen LogP contribution in [0.2, 0.25) is 10.0 Å². The van der Waals surface area contributed by atoms with Crippen LogP contribution in [-0.4, -0.2) is 63.7 Å². The summed E-state index contributed by atoms with van der Waals surface area (Å²) in [6.07, 6.45) is 0. The van der Waals surface area contributed by atoms with Gasteiger partial charge in [0.05, 0.1) is 24.3 Å². The van der Waals surface area contributed by atoms with Crippen LogP contribution in [0.4, 0.5) is 0 Å². The van der Waals surface area contributed by atoms with Gasteiger partial charge in [-0.2, -0.15) is 5.10 Å². The van der Waals surface area contributed by atoms with Gasteiger partial charge >= 0.3 is 5.97 Å². The Hall–Kier alpha value is -3.93. The van der Waals surface area contributed by atoms with Crippen molar-refractivity contribution in [1.82, 2.24) is 15.0 Å². The fourth-order valence-electron chi connectivity index (χ4n) is 3.87. The summed E-state index contributed by atoms with van der Waals surface area (Å²) in [6.45, 7) is -0.600. The number of halogens is 2. The Kier molecular flexibility index (Phi) is 9.41. The van der Waals surface area contributed by atoms with Crippen LogP contribution >= 0.6 is 23.2 Å². The molecule has 0 aromatic heterocycles. The largest absolute Gasteiger partial charge is 0.468 e. The summed E-state index contributed by atoms with van der Waals surface area (Å²) in [5, 5.41) is 9.44. The molecule has 208 valence electrons. The molecule has 1 aliphatic rings. The predicted molar refractivity (Wildman–Crippen MR) is 153 cm³/mol. The summed E-state index contributed by atoms with van der Waals surface area (Å²) in [7, 11) is -2.94. The van der Waals surface area contributed by atoms with Crippen molar-refractivity contribution in [3.63, 3.8) is 0 Å². The number of nitrogens with zero attached hydrogens (tertiary/aromatic N) is 3. The van der Waals surface area contributed by atoms with Crippen molar-refractivity contribution in [2.45, 2.75) is 10.8 Å².